The summed E-state index contributed by atoms with van der Waals surface area (Å²) in [5.41, 5.74) is 5.29. The third-order valence-corrected chi connectivity index (χ3v) is 5.38. The van der Waals surface area contributed by atoms with Gasteiger partial charge in [-0.25, -0.2) is 0 Å². The molecule has 2 nitrogen and oxygen atoms in total. The van der Waals surface area contributed by atoms with Crippen LogP contribution in [0.25, 0.3) is 0 Å². The Balaban J connectivity index is 1.87. The molecule has 0 fully saturated rings. The molecule has 150 valence electrons. The maximum Gasteiger partial charge on any atom is 0.165 e. The van der Waals surface area contributed by atoms with E-state index in [0.717, 1.165) is 22.4 Å². The van der Waals surface area contributed by atoms with Gasteiger partial charge < -0.3 is 5.32 Å². The van der Waals surface area contributed by atoms with E-state index >= 15 is 0 Å². The van der Waals surface area contributed by atoms with Gasteiger partial charge in [-0.3, -0.25) is 4.79 Å². The number of Topliss-reactive ketones (excluding diaryl/α,β-unsaturated/α-hetero) is 1. The van der Waals surface area contributed by atoms with Gasteiger partial charge in [0.2, 0.25) is 0 Å². The van der Waals surface area contributed by atoms with Crippen molar-refractivity contribution in [3.05, 3.63) is 100 Å². The highest BCUT2D eigenvalue weighted by Crippen LogP contribution is 2.28. The van der Waals surface area contributed by atoms with Crippen molar-refractivity contribution >= 4 is 23.1 Å². The average Bonchev–Trinajstić information content (AvgIpc) is 2.69. The van der Waals surface area contributed by atoms with Crippen molar-refractivity contribution in [1.29, 1.82) is 0 Å². The number of hydrogen-bond donors (Lipinski definition) is 1. The first kappa shape index (κ1) is 21.1. The Kier molecular flexibility index (Phi) is 6.44. The molecule has 3 aromatic carbocycles. The maximum absolute atomic E-state index is 12.9. The molecule has 0 radical (unpaired) electrons. The molecule has 29 heavy (non-hydrogen) atoms. The monoisotopic (exact) mass is 405 g/mol. The second-order valence-electron chi connectivity index (χ2n) is 8.57. The summed E-state index contributed by atoms with van der Waals surface area (Å²) in [4.78, 5) is 12.9. The van der Waals surface area contributed by atoms with Crippen LogP contribution in [0.15, 0.2) is 72.8 Å². The largest absolute Gasteiger partial charge is 0.378 e. The summed E-state index contributed by atoms with van der Waals surface area (Å²) in [7, 11) is 0. The summed E-state index contributed by atoms with van der Waals surface area (Å²) in [5.74, 6) is 0.122. The first-order chi connectivity index (χ1) is 13.7. The SMILES string of the molecule is Cc1ccc(C(=O)C[C@H](Nc2ccc(Cl)cc2)c2ccc(C(C)(C)C)cc2)cc1. The summed E-state index contributed by atoms with van der Waals surface area (Å²) < 4.78 is 0. The van der Waals surface area contributed by atoms with E-state index in [1.54, 1.807) is 0 Å². The number of anilines is 1. The number of rotatable bonds is 6. The minimum Gasteiger partial charge on any atom is -0.378 e. The molecule has 1 atom stereocenters. The van der Waals surface area contributed by atoms with Crippen molar-refractivity contribution in [3.63, 3.8) is 0 Å². The molecule has 0 unspecified atom stereocenters. The van der Waals surface area contributed by atoms with E-state index in [9.17, 15) is 4.79 Å². The number of aryl methyl sites for hydroxylation is 1. The lowest BCUT2D eigenvalue weighted by molar-refractivity contribution is 0.0976. The van der Waals surface area contributed by atoms with Crippen LogP contribution in [0.1, 0.15) is 60.3 Å². The van der Waals surface area contributed by atoms with Crippen LogP contribution in [0.5, 0.6) is 0 Å². The van der Waals surface area contributed by atoms with Gasteiger partial charge >= 0.3 is 0 Å². The number of ketones is 1. The van der Waals surface area contributed by atoms with Gasteiger partial charge in [-0.15, -0.1) is 0 Å². The van der Waals surface area contributed by atoms with E-state index in [1.165, 1.54) is 5.56 Å². The van der Waals surface area contributed by atoms with E-state index in [1.807, 2.05) is 55.5 Å². The molecule has 3 aromatic rings. The summed E-state index contributed by atoms with van der Waals surface area (Å²) in [6.07, 6.45) is 0.376. The zero-order chi connectivity index (χ0) is 21.0. The normalized spacial score (nSPS) is 12.4. The first-order valence-corrected chi connectivity index (χ1v) is 10.3. The zero-order valence-corrected chi connectivity index (χ0v) is 18.3. The molecular weight excluding hydrogens is 378 g/mol. The molecule has 1 N–H and O–H groups in total. The predicted octanol–water partition coefficient (Wildman–Crippen LogP) is 7.37. The lowest BCUT2D eigenvalue weighted by atomic mass is 9.86. The summed E-state index contributed by atoms with van der Waals surface area (Å²) >= 11 is 6.02. The van der Waals surface area contributed by atoms with Crippen LogP contribution in [0.2, 0.25) is 5.02 Å². The van der Waals surface area contributed by atoms with Crippen LogP contribution in [0.4, 0.5) is 5.69 Å². The van der Waals surface area contributed by atoms with Crippen LogP contribution in [-0.2, 0) is 5.41 Å². The van der Waals surface area contributed by atoms with Crippen LogP contribution in [0.3, 0.4) is 0 Å². The van der Waals surface area contributed by atoms with Gasteiger partial charge in [-0.1, -0.05) is 86.5 Å². The molecule has 3 rings (SSSR count). The Morgan fingerprint density at radius 3 is 2.03 bits per heavy atom. The summed E-state index contributed by atoms with van der Waals surface area (Å²) in [6, 6.07) is 23.8. The number of hydrogen-bond acceptors (Lipinski definition) is 2. The number of carbonyl (C=O) groups excluding carboxylic acids is 1. The van der Waals surface area contributed by atoms with E-state index in [-0.39, 0.29) is 17.2 Å². The predicted molar refractivity (Wildman–Crippen MR) is 123 cm³/mol. The van der Waals surface area contributed by atoms with Crippen molar-refractivity contribution in [1.82, 2.24) is 0 Å². The quantitative estimate of drug-likeness (QED) is 0.433. The second-order valence-corrected chi connectivity index (χ2v) is 9.01. The molecule has 0 aromatic heterocycles. The highest BCUT2D eigenvalue weighted by molar-refractivity contribution is 6.30. The molecule has 0 saturated heterocycles. The highest BCUT2D eigenvalue weighted by Gasteiger charge is 2.19. The van der Waals surface area contributed by atoms with Gasteiger partial charge in [0, 0.05) is 22.7 Å². The highest BCUT2D eigenvalue weighted by atomic mass is 35.5. The van der Waals surface area contributed by atoms with Crippen LogP contribution >= 0.6 is 11.6 Å². The van der Waals surface area contributed by atoms with Gasteiger partial charge in [-0.2, -0.15) is 0 Å². The van der Waals surface area contributed by atoms with Gasteiger partial charge in [0.05, 0.1) is 6.04 Å². The van der Waals surface area contributed by atoms with Crippen LogP contribution in [0, 0.1) is 6.92 Å². The minimum atomic E-state index is -0.126. The Labute approximate surface area is 178 Å². The van der Waals surface area contributed by atoms with Crippen molar-refractivity contribution in [2.45, 2.75) is 45.6 Å². The number of nitrogens with one attached hydrogen (secondary N) is 1. The Bertz CT molecular complexity index is 952. The van der Waals surface area contributed by atoms with Crippen LogP contribution in [-0.4, -0.2) is 5.78 Å². The fourth-order valence-corrected chi connectivity index (χ4v) is 3.38. The fourth-order valence-electron chi connectivity index (χ4n) is 3.26. The van der Waals surface area contributed by atoms with E-state index in [0.29, 0.717) is 11.4 Å². The summed E-state index contributed by atoms with van der Waals surface area (Å²) in [6.45, 7) is 8.63. The maximum atomic E-state index is 12.9. The van der Waals surface area contributed by atoms with E-state index < -0.39 is 0 Å². The Morgan fingerprint density at radius 2 is 1.48 bits per heavy atom. The van der Waals surface area contributed by atoms with Gasteiger partial charge in [-0.05, 0) is 47.7 Å². The molecule has 0 bridgehead atoms. The van der Waals surface area contributed by atoms with Crippen molar-refractivity contribution in [2.24, 2.45) is 0 Å². The van der Waals surface area contributed by atoms with E-state index in [4.69, 9.17) is 11.6 Å². The number of halogens is 1. The molecule has 0 heterocycles. The number of benzene rings is 3. The molecule has 0 aliphatic rings. The Hall–Kier alpha value is -2.58. The average molecular weight is 406 g/mol. The first-order valence-electron chi connectivity index (χ1n) is 9.95. The van der Waals surface area contributed by atoms with Gasteiger partial charge in [0.1, 0.15) is 0 Å². The smallest absolute Gasteiger partial charge is 0.165 e. The molecule has 0 aliphatic heterocycles. The van der Waals surface area contributed by atoms with Crippen molar-refractivity contribution in [3.8, 4) is 0 Å². The Morgan fingerprint density at radius 1 is 0.897 bits per heavy atom. The molecule has 0 aliphatic carbocycles. The fraction of sp³-hybridized carbons (Fsp3) is 0.269. The summed E-state index contributed by atoms with van der Waals surface area (Å²) in [5, 5.41) is 4.21. The molecular formula is C26H28ClNO. The van der Waals surface area contributed by atoms with E-state index in [2.05, 4.69) is 50.4 Å². The van der Waals surface area contributed by atoms with Gasteiger partial charge in [0.15, 0.2) is 5.78 Å². The van der Waals surface area contributed by atoms with Crippen LogP contribution < -0.4 is 5.32 Å². The third-order valence-electron chi connectivity index (χ3n) is 5.13. The zero-order valence-electron chi connectivity index (χ0n) is 17.5. The minimum absolute atomic E-state index is 0.0926. The second kappa shape index (κ2) is 8.84. The standard InChI is InChI=1S/C26H28ClNO/c1-18-5-7-20(8-6-18)25(29)17-24(28-23-15-13-22(27)14-16-23)19-9-11-21(12-10-19)26(2,3)4/h5-16,24,28H,17H2,1-4H3/t24-/m0/s1. The topological polar surface area (TPSA) is 29.1 Å². The van der Waals surface area contributed by atoms with Crippen molar-refractivity contribution in [2.75, 3.05) is 5.32 Å². The third kappa shape index (κ3) is 5.71. The molecule has 0 amide bonds. The van der Waals surface area contributed by atoms with Crippen molar-refractivity contribution < 1.29 is 4.79 Å². The molecule has 0 spiro atoms. The lowest BCUT2D eigenvalue weighted by Gasteiger charge is -2.23. The lowest BCUT2D eigenvalue weighted by Crippen LogP contribution is -2.17. The molecule has 0 saturated carbocycles. The number of carbonyl (C=O) groups is 1. The van der Waals surface area contributed by atoms with Gasteiger partial charge in [0.25, 0.3) is 0 Å². The molecule has 3 heteroatoms.